The van der Waals surface area contributed by atoms with Crippen molar-refractivity contribution in [2.75, 3.05) is 12.0 Å². The Kier molecular flexibility index (Phi) is 3.87. The SMILES string of the molecule is NNc1ncccc1C(=O)NCCn1ccnc1. The Morgan fingerprint density at radius 3 is 3.06 bits per heavy atom. The molecule has 2 aromatic rings. The summed E-state index contributed by atoms with van der Waals surface area (Å²) in [5.74, 6) is 5.44. The van der Waals surface area contributed by atoms with Gasteiger partial charge in [-0.15, -0.1) is 0 Å². The summed E-state index contributed by atoms with van der Waals surface area (Å²) in [4.78, 5) is 19.8. The molecule has 0 aliphatic carbocycles. The van der Waals surface area contributed by atoms with E-state index in [1.54, 1.807) is 30.9 Å². The molecule has 2 aromatic heterocycles. The van der Waals surface area contributed by atoms with E-state index in [2.05, 4.69) is 20.7 Å². The minimum atomic E-state index is -0.212. The first-order chi connectivity index (χ1) is 8.81. The van der Waals surface area contributed by atoms with Gasteiger partial charge in [0.1, 0.15) is 0 Å². The molecule has 0 saturated heterocycles. The van der Waals surface area contributed by atoms with Crippen LogP contribution in [0.4, 0.5) is 5.82 Å². The Labute approximate surface area is 104 Å². The van der Waals surface area contributed by atoms with Gasteiger partial charge in [0.25, 0.3) is 5.91 Å². The maximum atomic E-state index is 11.9. The zero-order valence-electron chi connectivity index (χ0n) is 9.71. The van der Waals surface area contributed by atoms with Gasteiger partial charge in [-0.1, -0.05) is 0 Å². The smallest absolute Gasteiger partial charge is 0.255 e. The van der Waals surface area contributed by atoms with Crippen molar-refractivity contribution in [3.8, 4) is 0 Å². The molecule has 0 atom stereocenters. The van der Waals surface area contributed by atoms with Crippen LogP contribution in [-0.2, 0) is 6.54 Å². The molecule has 0 radical (unpaired) electrons. The molecular formula is C11H14N6O. The van der Waals surface area contributed by atoms with Crippen LogP contribution >= 0.6 is 0 Å². The largest absolute Gasteiger partial charge is 0.350 e. The van der Waals surface area contributed by atoms with Gasteiger partial charge in [-0.25, -0.2) is 15.8 Å². The molecule has 7 heteroatoms. The number of amides is 1. The topological polar surface area (TPSA) is 97.9 Å². The highest BCUT2D eigenvalue weighted by Gasteiger charge is 2.10. The molecule has 2 heterocycles. The second-order valence-corrected chi connectivity index (χ2v) is 3.60. The van der Waals surface area contributed by atoms with Crippen LogP contribution in [0.25, 0.3) is 0 Å². The number of aromatic nitrogens is 3. The lowest BCUT2D eigenvalue weighted by molar-refractivity contribution is 0.0953. The van der Waals surface area contributed by atoms with Crippen molar-refractivity contribution < 1.29 is 4.79 Å². The number of hydrazine groups is 1. The highest BCUT2D eigenvalue weighted by atomic mass is 16.1. The number of nitrogen functional groups attached to an aromatic ring is 1. The number of carbonyl (C=O) groups is 1. The van der Waals surface area contributed by atoms with Crippen molar-refractivity contribution in [1.29, 1.82) is 0 Å². The zero-order valence-corrected chi connectivity index (χ0v) is 9.71. The first-order valence-electron chi connectivity index (χ1n) is 5.47. The van der Waals surface area contributed by atoms with Crippen LogP contribution in [-0.4, -0.2) is 27.0 Å². The third-order valence-electron chi connectivity index (χ3n) is 2.40. The van der Waals surface area contributed by atoms with Gasteiger partial charge in [-0.3, -0.25) is 4.79 Å². The fourth-order valence-electron chi connectivity index (χ4n) is 1.52. The highest BCUT2D eigenvalue weighted by Crippen LogP contribution is 2.08. The second kappa shape index (κ2) is 5.78. The molecule has 18 heavy (non-hydrogen) atoms. The number of hydrogen-bond acceptors (Lipinski definition) is 5. The predicted octanol–water partition coefficient (Wildman–Crippen LogP) is -0.00630. The van der Waals surface area contributed by atoms with Gasteiger partial charge in [0, 0.05) is 31.7 Å². The summed E-state index contributed by atoms with van der Waals surface area (Å²) in [6.07, 6.45) is 6.79. The third-order valence-corrected chi connectivity index (χ3v) is 2.40. The maximum Gasteiger partial charge on any atom is 0.255 e. The zero-order chi connectivity index (χ0) is 12.8. The molecule has 0 aromatic carbocycles. The molecule has 4 N–H and O–H groups in total. The van der Waals surface area contributed by atoms with E-state index in [9.17, 15) is 4.79 Å². The average molecular weight is 246 g/mol. The van der Waals surface area contributed by atoms with E-state index in [1.165, 1.54) is 0 Å². The van der Waals surface area contributed by atoms with Crippen LogP contribution in [0.5, 0.6) is 0 Å². The normalized spacial score (nSPS) is 10.1. The van der Waals surface area contributed by atoms with E-state index in [4.69, 9.17) is 5.84 Å². The number of nitrogens with two attached hydrogens (primary N) is 1. The van der Waals surface area contributed by atoms with Crippen LogP contribution in [0.2, 0.25) is 0 Å². The van der Waals surface area contributed by atoms with Crippen LogP contribution < -0.4 is 16.6 Å². The Hall–Kier alpha value is -2.41. The number of carbonyl (C=O) groups excluding carboxylic acids is 1. The molecule has 7 nitrogen and oxygen atoms in total. The Balaban J connectivity index is 1.91. The quantitative estimate of drug-likeness (QED) is 0.509. The van der Waals surface area contributed by atoms with Crippen molar-refractivity contribution in [1.82, 2.24) is 19.9 Å². The Morgan fingerprint density at radius 2 is 2.33 bits per heavy atom. The van der Waals surface area contributed by atoms with Crippen LogP contribution in [0.3, 0.4) is 0 Å². The predicted molar refractivity (Wildman–Crippen MR) is 66.6 cm³/mol. The molecule has 2 rings (SSSR count). The summed E-state index contributed by atoms with van der Waals surface area (Å²) in [6, 6.07) is 3.35. The summed E-state index contributed by atoms with van der Waals surface area (Å²) in [5.41, 5.74) is 2.82. The molecule has 1 amide bonds. The number of hydrogen-bond donors (Lipinski definition) is 3. The third kappa shape index (κ3) is 2.83. The lowest BCUT2D eigenvalue weighted by Gasteiger charge is -2.08. The minimum Gasteiger partial charge on any atom is -0.350 e. The summed E-state index contributed by atoms with van der Waals surface area (Å²) in [7, 11) is 0. The Bertz CT molecular complexity index is 510. The van der Waals surface area contributed by atoms with Gasteiger partial charge in [-0.2, -0.15) is 0 Å². The molecule has 94 valence electrons. The fraction of sp³-hybridized carbons (Fsp3) is 0.182. The second-order valence-electron chi connectivity index (χ2n) is 3.60. The standard InChI is InChI=1S/C11H14N6O/c12-16-10-9(2-1-3-14-10)11(18)15-5-7-17-6-4-13-8-17/h1-4,6,8H,5,7,12H2,(H,14,16)(H,15,18). The molecule has 0 bridgehead atoms. The molecule has 0 fully saturated rings. The van der Waals surface area contributed by atoms with E-state index in [0.717, 1.165) is 0 Å². The number of rotatable bonds is 5. The number of anilines is 1. The van der Waals surface area contributed by atoms with Gasteiger partial charge >= 0.3 is 0 Å². The number of imidazole rings is 1. The van der Waals surface area contributed by atoms with E-state index >= 15 is 0 Å². The fourth-order valence-corrected chi connectivity index (χ4v) is 1.52. The lowest BCUT2D eigenvalue weighted by Crippen LogP contribution is -2.28. The molecule has 0 aliphatic rings. The number of nitrogens with zero attached hydrogens (tertiary/aromatic N) is 3. The van der Waals surface area contributed by atoms with Gasteiger partial charge in [-0.05, 0) is 12.1 Å². The van der Waals surface area contributed by atoms with Crippen LogP contribution in [0, 0.1) is 0 Å². The maximum absolute atomic E-state index is 11.9. The molecular weight excluding hydrogens is 232 g/mol. The summed E-state index contributed by atoms with van der Waals surface area (Å²) in [5, 5.41) is 2.79. The van der Waals surface area contributed by atoms with Gasteiger partial charge in [0.05, 0.1) is 11.9 Å². The molecule has 0 aliphatic heterocycles. The van der Waals surface area contributed by atoms with Gasteiger partial charge in [0.2, 0.25) is 0 Å². The van der Waals surface area contributed by atoms with Crippen molar-refractivity contribution in [3.63, 3.8) is 0 Å². The van der Waals surface area contributed by atoms with Gasteiger partial charge < -0.3 is 15.3 Å². The van der Waals surface area contributed by atoms with E-state index in [0.29, 0.717) is 24.5 Å². The van der Waals surface area contributed by atoms with Crippen molar-refractivity contribution in [3.05, 3.63) is 42.6 Å². The van der Waals surface area contributed by atoms with Crippen LogP contribution in [0.1, 0.15) is 10.4 Å². The molecule has 0 saturated carbocycles. The van der Waals surface area contributed by atoms with Gasteiger partial charge in [0.15, 0.2) is 5.82 Å². The highest BCUT2D eigenvalue weighted by molar-refractivity contribution is 5.98. The average Bonchev–Trinajstić information content (AvgIpc) is 2.91. The monoisotopic (exact) mass is 246 g/mol. The number of pyridine rings is 1. The van der Waals surface area contributed by atoms with Crippen molar-refractivity contribution in [2.45, 2.75) is 6.54 Å². The summed E-state index contributed by atoms with van der Waals surface area (Å²) < 4.78 is 1.88. The first-order valence-corrected chi connectivity index (χ1v) is 5.47. The number of nitrogens with one attached hydrogen (secondary N) is 2. The molecule has 0 spiro atoms. The van der Waals surface area contributed by atoms with Crippen molar-refractivity contribution in [2.24, 2.45) is 5.84 Å². The molecule has 0 unspecified atom stereocenters. The van der Waals surface area contributed by atoms with Crippen molar-refractivity contribution >= 4 is 11.7 Å². The van der Waals surface area contributed by atoms with E-state index < -0.39 is 0 Å². The van der Waals surface area contributed by atoms with E-state index in [1.807, 2.05) is 10.8 Å². The van der Waals surface area contributed by atoms with E-state index in [-0.39, 0.29) is 5.91 Å². The van der Waals surface area contributed by atoms with Crippen LogP contribution in [0.15, 0.2) is 37.1 Å². The first kappa shape index (κ1) is 12.1. The summed E-state index contributed by atoms with van der Waals surface area (Å²) >= 11 is 0. The Morgan fingerprint density at radius 1 is 1.44 bits per heavy atom. The lowest BCUT2D eigenvalue weighted by atomic mass is 10.2. The summed E-state index contributed by atoms with van der Waals surface area (Å²) in [6.45, 7) is 1.17. The minimum absolute atomic E-state index is 0.212.